The Hall–Kier alpha value is -1.36. The average molecular weight is 280 g/mol. The van der Waals surface area contributed by atoms with E-state index in [0.717, 1.165) is 37.0 Å². The maximum absolute atomic E-state index is 12.1. The van der Waals surface area contributed by atoms with Crippen molar-refractivity contribution in [1.29, 1.82) is 0 Å². The van der Waals surface area contributed by atoms with E-state index in [0.29, 0.717) is 5.92 Å². The molecule has 1 atom stereocenters. The van der Waals surface area contributed by atoms with Gasteiger partial charge < -0.3 is 0 Å². The van der Waals surface area contributed by atoms with E-state index in [1.54, 1.807) is 24.3 Å². The van der Waals surface area contributed by atoms with Crippen LogP contribution in [0.4, 0.5) is 0 Å². The van der Waals surface area contributed by atoms with Gasteiger partial charge in [-0.05, 0) is 50.7 Å². The molecule has 0 bridgehead atoms. The monoisotopic (exact) mass is 280 g/mol. The summed E-state index contributed by atoms with van der Waals surface area (Å²) in [6.45, 7) is 4.04. The first-order valence-electron chi connectivity index (χ1n) is 6.68. The van der Waals surface area contributed by atoms with Crippen LogP contribution in [0.25, 0.3) is 0 Å². The second kappa shape index (κ2) is 5.74. The van der Waals surface area contributed by atoms with Crippen LogP contribution in [0, 0.1) is 12.8 Å². The summed E-state index contributed by atoms with van der Waals surface area (Å²) in [4.78, 5) is 2.62. The van der Waals surface area contributed by atoms with Gasteiger partial charge in [-0.2, -0.15) is 13.5 Å². The standard InChI is InChI=1S/C14H20N2O2S/c1-3-12-5-4-6-14(12)15-16-19(17,18)13-9-7-11(2)8-10-13/h7-10,12,16H,3-6H2,1-2H3/b15-14+. The topological polar surface area (TPSA) is 58.5 Å². The molecule has 1 N–H and O–H groups in total. The van der Waals surface area contributed by atoms with Gasteiger partial charge >= 0.3 is 0 Å². The van der Waals surface area contributed by atoms with E-state index in [9.17, 15) is 8.42 Å². The van der Waals surface area contributed by atoms with Crippen LogP contribution >= 0.6 is 0 Å². The van der Waals surface area contributed by atoms with Gasteiger partial charge in [0.1, 0.15) is 0 Å². The zero-order chi connectivity index (χ0) is 13.9. The number of aryl methyl sites for hydroxylation is 1. The molecular formula is C14H20N2O2S. The Morgan fingerprint density at radius 1 is 1.32 bits per heavy atom. The number of hydrogen-bond acceptors (Lipinski definition) is 3. The van der Waals surface area contributed by atoms with Gasteiger partial charge in [-0.25, -0.2) is 4.83 Å². The molecule has 0 amide bonds. The number of rotatable bonds is 4. The van der Waals surface area contributed by atoms with Crippen LogP contribution in [0.15, 0.2) is 34.3 Å². The molecule has 1 fully saturated rings. The van der Waals surface area contributed by atoms with E-state index >= 15 is 0 Å². The highest BCUT2D eigenvalue weighted by molar-refractivity contribution is 7.89. The van der Waals surface area contributed by atoms with E-state index in [4.69, 9.17) is 0 Å². The van der Waals surface area contributed by atoms with E-state index in [2.05, 4.69) is 16.9 Å². The lowest BCUT2D eigenvalue weighted by Gasteiger charge is -2.09. The van der Waals surface area contributed by atoms with Gasteiger partial charge in [-0.1, -0.05) is 24.6 Å². The maximum atomic E-state index is 12.1. The van der Waals surface area contributed by atoms with E-state index < -0.39 is 10.0 Å². The third-order valence-electron chi connectivity index (χ3n) is 3.59. The minimum atomic E-state index is -3.53. The predicted octanol–water partition coefficient (Wildman–Crippen LogP) is 2.84. The van der Waals surface area contributed by atoms with Crippen molar-refractivity contribution in [3.63, 3.8) is 0 Å². The Labute approximate surface area is 115 Å². The zero-order valence-electron chi connectivity index (χ0n) is 11.4. The first-order valence-corrected chi connectivity index (χ1v) is 8.16. The third-order valence-corrected chi connectivity index (χ3v) is 4.81. The minimum absolute atomic E-state index is 0.258. The van der Waals surface area contributed by atoms with Crippen molar-refractivity contribution < 1.29 is 8.42 Å². The SMILES string of the molecule is CCC1CCC/C1=N\NS(=O)(=O)c1ccc(C)cc1. The molecule has 1 aliphatic rings. The molecule has 104 valence electrons. The lowest BCUT2D eigenvalue weighted by molar-refractivity contribution is 0.583. The van der Waals surface area contributed by atoms with E-state index in [-0.39, 0.29) is 4.90 Å². The summed E-state index contributed by atoms with van der Waals surface area (Å²) in [5, 5.41) is 4.12. The highest BCUT2D eigenvalue weighted by atomic mass is 32.2. The molecule has 19 heavy (non-hydrogen) atoms. The van der Waals surface area contributed by atoms with Gasteiger partial charge in [0.25, 0.3) is 10.0 Å². The summed E-state index contributed by atoms with van der Waals surface area (Å²) in [6, 6.07) is 6.77. The van der Waals surface area contributed by atoms with Crippen LogP contribution in [0.3, 0.4) is 0 Å². The highest BCUT2D eigenvalue weighted by Gasteiger charge is 2.22. The van der Waals surface area contributed by atoms with Crippen molar-refractivity contribution in [1.82, 2.24) is 4.83 Å². The van der Waals surface area contributed by atoms with Gasteiger partial charge in [0.15, 0.2) is 0 Å². The Morgan fingerprint density at radius 2 is 2.00 bits per heavy atom. The number of sulfonamides is 1. The summed E-state index contributed by atoms with van der Waals surface area (Å²) in [5.74, 6) is 0.431. The van der Waals surface area contributed by atoms with Crippen LogP contribution in [0.5, 0.6) is 0 Å². The fraction of sp³-hybridized carbons (Fsp3) is 0.500. The molecule has 0 radical (unpaired) electrons. The summed E-state index contributed by atoms with van der Waals surface area (Å²) in [6.07, 6.45) is 4.13. The fourth-order valence-electron chi connectivity index (χ4n) is 2.38. The van der Waals surface area contributed by atoms with Gasteiger partial charge in [-0.3, -0.25) is 0 Å². The number of hydrazone groups is 1. The lowest BCUT2D eigenvalue weighted by Crippen LogP contribution is -2.21. The molecule has 0 spiro atoms. The zero-order valence-corrected chi connectivity index (χ0v) is 12.2. The van der Waals surface area contributed by atoms with Crippen molar-refractivity contribution in [2.24, 2.45) is 11.0 Å². The Kier molecular flexibility index (Phi) is 4.24. The first kappa shape index (κ1) is 14.1. The molecule has 1 saturated carbocycles. The second-order valence-electron chi connectivity index (χ2n) is 5.01. The van der Waals surface area contributed by atoms with Crippen LogP contribution in [-0.4, -0.2) is 14.1 Å². The largest absolute Gasteiger partial charge is 0.276 e. The van der Waals surface area contributed by atoms with Crippen molar-refractivity contribution in [2.45, 2.75) is 44.4 Å². The molecule has 1 aromatic carbocycles. The maximum Gasteiger partial charge on any atom is 0.276 e. The fourth-order valence-corrected chi connectivity index (χ4v) is 3.21. The summed E-state index contributed by atoms with van der Waals surface area (Å²) >= 11 is 0. The molecule has 0 aliphatic heterocycles. The molecule has 2 rings (SSSR count). The van der Waals surface area contributed by atoms with Crippen LogP contribution in [0.1, 0.15) is 38.2 Å². The van der Waals surface area contributed by atoms with Crippen molar-refractivity contribution >= 4 is 15.7 Å². The Bertz CT molecular complexity index is 562. The summed E-state index contributed by atoms with van der Waals surface area (Å²) in [5.41, 5.74) is 2.02. The summed E-state index contributed by atoms with van der Waals surface area (Å²) in [7, 11) is -3.53. The van der Waals surface area contributed by atoms with Gasteiger partial charge in [0, 0.05) is 5.71 Å². The third kappa shape index (κ3) is 3.35. The molecule has 1 unspecified atom stereocenters. The molecule has 1 aromatic rings. The summed E-state index contributed by atoms with van der Waals surface area (Å²) < 4.78 is 24.2. The van der Waals surface area contributed by atoms with Crippen LogP contribution in [0.2, 0.25) is 0 Å². The van der Waals surface area contributed by atoms with E-state index in [1.807, 2.05) is 6.92 Å². The molecule has 0 aromatic heterocycles. The smallest absolute Gasteiger partial charge is 0.200 e. The van der Waals surface area contributed by atoms with Gasteiger partial charge in [-0.15, -0.1) is 0 Å². The van der Waals surface area contributed by atoms with Crippen LogP contribution < -0.4 is 4.83 Å². The minimum Gasteiger partial charge on any atom is -0.200 e. The number of hydrogen-bond donors (Lipinski definition) is 1. The van der Waals surface area contributed by atoms with Crippen molar-refractivity contribution in [2.75, 3.05) is 0 Å². The predicted molar refractivity (Wildman–Crippen MR) is 76.6 cm³/mol. The van der Waals surface area contributed by atoms with Gasteiger partial charge in [0.2, 0.25) is 0 Å². The number of nitrogens with one attached hydrogen (secondary N) is 1. The van der Waals surface area contributed by atoms with Crippen molar-refractivity contribution in [3.05, 3.63) is 29.8 Å². The first-order chi connectivity index (χ1) is 9.03. The molecule has 4 nitrogen and oxygen atoms in total. The number of nitrogens with zero attached hydrogens (tertiary/aromatic N) is 1. The normalized spacial score (nSPS) is 21.8. The van der Waals surface area contributed by atoms with Crippen LogP contribution in [-0.2, 0) is 10.0 Å². The van der Waals surface area contributed by atoms with E-state index in [1.165, 1.54) is 0 Å². The Balaban J connectivity index is 2.14. The molecule has 0 saturated heterocycles. The average Bonchev–Trinajstić information content (AvgIpc) is 2.84. The molecule has 0 heterocycles. The van der Waals surface area contributed by atoms with Gasteiger partial charge in [0.05, 0.1) is 4.90 Å². The molecule has 5 heteroatoms. The van der Waals surface area contributed by atoms with Crippen molar-refractivity contribution in [3.8, 4) is 0 Å². The Morgan fingerprint density at radius 3 is 2.63 bits per heavy atom. The lowest BCUT2D eigenvalue weighted by atomic mass is 10.0. The molecule has 1 aliphatic carbocycles. The highest BCUT2D eigenvalue weighted by Crippen LogP contribution is 2.25. The quantitative estimate of drug-likeness (QED) is 0.862. The second-order valence-corrected chi connectivity index (χ2v) is 6.67. The number of benzene rings is 1. The molecular weight excluding hydrogens is 260 g/mol.